The first kappa shape index (κ1) is 46.8. The van der Waals surface area contributed by atoms with Gasteiger partial charge in [-0.3, -0.25) is 9.80 Å². The predicted octanol–water partition coefficient (Wildman–Crippen LogP) is 8.34. The van der Waals surface area contributed by atoms with Gasteiger partial charge in [-0.25, -0.2) is 9.59 Å². The third-order valence-electron chi connectivity index (χ3n) is 9.11. The van der Waals surface area contributed by atoms with Gasteiger partial charge in [0.05, 0.1) is 39.6 Å². The molecular weight excluding hydrogens is 806 g/mol. The van der Waals surface area contributed by atoms with E-state index in [-0.39, 0.29) is 24.3 Å². The van der Waals surface area contributed by atoms with Crippen molar-refractivity contribution in [1.29, 1.82) is 0 Å². The molecule has 4 aromatic carbocycles. The number of carbonyl (C=O) groups excluding carboxylic acids is 2. The molecule has 0 aliphatic carbocycles. The van der Waals surface area contributed by atoms with Crippen LogP contribution in [-0.2, 0) is 31.4 Å². The van der Waals surface area contributed by atoms with Gasteiger partial charge in [0, 0.05) is 12.8 Å². The zero-order chi connectivity index (χ0) is 44.4. The fraction of sp³-hybridized carbons (Fsp3) is 0.381. The summed E-state index contributed by atoms with van der Waals surface area (Å²) < 4.78 is 125. The summed E-state index contributed by atoms with van der Waals surface area (Å²) >= 11 is 0. The summed E-state index contributed by atoms with van der Waals surface area (Å²) in [6.45, 7) is 0. The van der Waals surface area contributed by atoms with Crippen LogP contribution in [0, 0.1) is 0 Å². The molecule has 4 aromatic rings. The van der Waals surface area contributed by atoms with E-state index < -0.39 is 60.1 Å². The lowest BCUT2D eigenvalue weighted by molar-refractivity contribution is -0.185. The van der Waals surface area contributed by atoms with E-state index in [0.717, 1.165) is 48.5 Å². The van der Waals surface area contributed by atoms with Gasteiger partial charge in [0.15, 0.2) is 35.5 Å². The highest BCUT2D eigenvalue weighted by Gasteiger charge is 2.34. The smallest absolute Gasteiger partial charge is 0.419 e. The van der Waals surface area contributed by atoms with Gasteiger partial charge >= 0.3 is 24.3 Å². The summed E-state index contributed by atoms with van der Waals surface area (Å²) in [5.74, 6) is -1.20. The molecule has 4 atom stereocenters. The third-order valence-corrected chi connectivity index (χ3v) is 9.11. The second-order valence-electron chi connectivity index (χ2n) is 13.6. The Labute approximate surface area is 343 Å². The number of rotatable bonds is 18. The lowest BCUT2D eigenvalue weighted by Crippen LogP contribution is -2.41. The van der Waals surface area contributed by atoms with Crippen molar-refractivity contribution in [2.24, 2.45) is 0 Å². The van der Waals surface area contributed by atoms with Crippen molar-refractivity contribution in [2.45, 2.75) is 49.9 Å². The van der Waals surface area contributed by atoms with Crippen LogP contribution in [0.15, 0.2) is 84.9 Å². The van der Waals surface area contributed by atoms with Crippen molar-refractivity contribution >= 4 is 11.9 Å². The maximum absolute atomic E-state index is 13.4. The van der Waals surface area contributed by atoms with Gasteiger partial charge in [0.25, 0.3) is 0 Å². The van der Waals surface area contributed by atoms with E-state index in [0.29, 0.717) is 34.1 Å². The molecular formula is C42H46F6N2O10. The summed E-state index contributed by atoms with van der Waals surface area (Å²) in [6, 6.07) is 17.8. The molecule has 0 bridgehead atoms. The van der Waals surface area contributed by atoms with Gasteiger partial charge in [-0.1, -0.05) is 12.1 Å². The molecule has 0 aliphatic rings. The first-order chi connectivity index (χ1) is 28.3. The van der Waals surface area contributed by atoms with Crippen LogP contribution in [0.2, 0.25) is 0 Å². The lowest BCUT2D eigenvalue weighted by Gasteiger charge is -2.30. The molecule has 0 aliphatic heterocycles. The summed E-state index contributed by atoms with van der Waals surface area (Å²) in [4.78, 5) is 29.9. The Balaban J connectivity index is 1.58. The molecule has 326 valence electrons. The molecule has 18 heteroatoms. The van der Waals surface area contributed by atoms with E-state index in [2.05, 4.69) is 0 Å². The quantitative estimate of drug-likeness (QED) is 0.0415. The van der Waals surface area contributed by atoms with Crippen molar-refractivity contribution in [3.63, 3.8) is 0 Å². The van der Waals surface area contributed by atoms with Gasteiger partial charge in [0.1, 0.15) is 23.7 Å². The summed E-state index contributed by atoms with van der Waals surface area (Å²) in [6.07, 6.45) is -13.7. The number of alkyl halides is 6. The zero-order valence-electron chi connectivity index (χ0n) is 34.1. The minimum atomic E-state index is -4.57. The average Bonchev–Trinajstić information content (AvgIpc) is 3.21. The molecule has 0 amide bonds. The number of benzene rings is 4. The molecule has 0 fully saturated rings. The van der Waals surface area contributed by atoms with E-state index in [1.165, 1.54) is 38.2 Å². The number of carbonyl (C=O) groups is 2. The van der Waals surface area contributed by atoms with Gasteiger partial charge in [-0.2, -0.15) is 26.3 Å². The molecule has 4 unspecified atom stereocenters. The van der Waals surface area contributed by atoms with Crippen LogP contribution in [0.1, 0.15) is 47.3 Å². The van der Waals surface area contributed by atoms with Crippen molar-refractivity contribution in [3.05, 3.63) is 107 Å². The van der Waals surface area contributed by atoms with Gasteiger partial charge in [-0.15, -0.1) is 0 Å². The molecule has 0 saturated carbocycles. The largest absolute Gasteiger partial charge is 0.493 e. The standard InChI is InChI=1S/C42H46F6N2O10/c1-49(2)37(23-33(25-9-19-31(53-5)35(21-25)55-7)57-29-15-11-27(12-16-29)41(43,44)45)59-39(51)40(52)60-38(50(3)4)24-34(26-10-20-32(54-6)36(22-26)56-8)58-30-17-13-28(14-18-30)42(46,47)48/h9-22,33-34,37-38H,23-24H2,1-8H3. The van der Waals surface area contributed by atoms with E-state index in [9.17, 15) is 35.9 Å². The number of halogens is 6. The topological polar surface area (TPSA) is 114 Å². The molecule has 12 nitrogen and oxygen atoms in total. The normalized spacial score (nSPS) is 13.8. The highest BCUT2D eigenvalue weighted by Crippen LogP contribution is 2.38. The monoisotopic (exact) mass is 852 g/mol. The number of esters is 2. The van der Waals surface area contributed by atoms with Gasteiger partial charge in [0.2, 0.25) is 0 Å². The molecule has 0 aromatic heterocycles. The fourth-order valence-electron chi connectivity index (χ4n) is 5.82. The first-order valence-electron chi connectivity index (χ1n) is 18.1. The number of hydrogen-bond acceptors (Lipinski definition) is 12. The van der Waals surface area contributed by atoms with E-state index in [1.807, 2.05) is 0 Å². The molecule has 60 heavy (non-hydrogen) atoms. The van der Waals surface area contributed by atoms with E-state index >= 15 is 0 Å². The number of ether oxygens (including phenoxy) is 8. The van der Waals surface area contributed by atoms with Crippen molar-refractivity contribution in [1.82, 2.24) is 9.80 Å². The fourth-order valence-corrected chi connectivity index (χ4v) is 5.82. The molecule has 0 heterocycles. The van der Waals surface area contributed by atoms with Crippen LogP contribution >= 0.6 is 0 Å². The minimum absolute atomic E-state index is 0.0717. The van der Waals surface area contributed by atoms with Crippen LogP contribution < -0.4 is 28.4 Å². The Bertz CT molecular complexity index is 1880. The Morgan fingerprint density at radius 1 is 0.500 bits per heavy atom. The lowest BCUT2D eigenvalue weighted by atomic mass is 10.0. The molecule has 0 radical (unpaired) electrons. The third kappa shape index (κ3) is 12.6. The van der Waals surface area contributed by atoms with Crippen LogP contribution in [0.25, 0.3) is 0 Å². The van der Waals surface area contributed by atoms with E-state index in [4.69, 9.17) is 37.9 Å². The maximum Gasteiger partial charge on any atom is 0.419 e. The summed E-state index contributed by atoms with van der Waals surface area (Å²) in [7, 11) is 12.0. The second-order valence-corrected chi connectivity index (χ2v) is 13.6. The Hall–Kier alpha value is -5.88. The van der Waals surface area contributed by atoms with Crippen molar-refractivity contribution < 1.29 is 73.8 Å². The zero-order valence-corrected chi connectivity index (χ0v) is 34.1. The van der Waals surface area contributed by atoms with E-state index in [1.54, 1.807) is 64.6 Å². The first-order valence-corrected chi connectivity index (χ1v) is 18.1. The van der Waals surface area contributed by atoms with Crippen LogP contribution in [0.3, 0.4) is 0 Å². The maximum atomic E-state index is 13.4. The SMILES string of the molecule is COc1ccc(C(CC(OC(=O)C(=O)OC(CC(Oc2ccc(C(F)(F)F)cc2)c2ccc(OC)c(OC)c2)N(C)C)N(C)C)Oc2ccc(C(F)(F)F)cc2)cc1OC. The average molecular weight is 853 g/mol. The van der Waals surface area contributed by atoms with Crippen molar-refractivity contribution in [3.8, 4) is 34.5 Å². The predicted molar refractivity (Wildman–Crippen MR) is 205 cm³/mol. The summed E-state index contributed by atoms with van der Waals surface area (Å²) in [5, 5.41) is 0. The Morgan fingerprint density at radius 3 is 1.08 bits per heavy atom. The molecule has 0 spiro atoms. The number of hydrogen-bond donors (Lipinski definition) is 0. The number of nitrogens with zero attached hydrogens (tertiary/aromatic N) is 2. The second kappa shape index (κ2) is 20.4. The van der Waals surface area contributed by atoms with Gasteiger partial charge < -0.3 is 37.9 Å². The molecule has 4 rings (SSSR count). The molecule has 0 N–H and O–H groups in total. The Kier molecular flexibility index (Phi) is 15.9. The summed E-state index contributed by atoms with van der Waals surface area (Å²) in [5.41, 5.74) is -0.818. The van der Waals surface area contributed by atoms with Gasteiger partial charge in [-0.05, 0) is 112 Å². The highest BCUT2D eigenvalue weighted by molar-refractivity contribution is 6.29. The number of methoxy groups -OCH3 is 4. The van der Waals surface area contributed by atoms with Crippen LogP contribution in [0.5, 0.6) is 34.5 Å². The van der Waals surface area contributed by atoms with Crippen LogP contribution in [0.4, 0.5) is 26.3 Å². The highest BCUT2D eigenvalue weighted by atomic mass is 19.4. The Morgan fingerprint density at radius 2 is 0.817 bits per heavy atom. The van der Waals surface area contributed by atoms with Crippen molar-refractivity contribution in [2.75, 3.05) is 56.6 Å². The molecule has 0 saturated heterocycles. The minimum Gasteiger partial charge on any atom is -0.493 e. The van der Waals surface area contributed by atoms with Crippen LogP contribution in [-0.4, -0.2) is 90.8 Å².